The van der Waals surface area contributed by atoms with Crippen LogP contribution in [0.25, 0.3) is 0 Å². The molecule has 16 heavy (non-hydrogen) atoms. The highest BCUT2D eigenvalue weighted by Crippen LogP contribution is 2.30. The lowest BCUT2D eigenvalue weighted by atomic mass is 10.1. The molecule has 0 saturated carbocycles. The van der Waals surface area contributed by atoms with Gasteiger partial charge in [-0.05, 0) is 18.2 Å². The Morgan fingerprint density at radius 1 is 1.25 bits per heavy atom. The van der Waals surface area contributed by atoms with Crippen molar-refractivity contribution in [1.29, 1.82) is 0 Å². The Morgan fingerprint density at radius 3 is 2.31 bits per heavy atom. The van der Waals surface area contributed by atoms with Gasteiger partial charge in [-0.1, -0.05) is 0 Å². The number of halogens is 4. The molecule has 3 nitrogen and oxygen atoms in total. The fourth-order valence-corrected chi connectivity index (χ4v) is 1.06. The third-order valence-corrected chi connectivity index (χ3v) is 1.71. The maximum Gasteiger partial charge on any atom is 0.387 e. The van der Waals surface area contributed by atoms with Gasteiger partial charge in [-0.15, -0.1) is 0 Å². The van der Waals surface area contributed by atoms with Crippen LogP contribution in [0, 0.1) is 0 Å². The van der Waals surface area contributed by atoms with Crippen molar-refractivity contribution in [3.05, 3.63) is 29.3 Å². The van der Waals surface area contributed by atoms with Crippen molar-refractivity contribution >= 4 is 5.97 Å². The summed E-state index contributed by atoms with van der Waals surface area (Å²) in [5.74, 6) is -2.15. The number of ether oxygens (including phenoxy) is 1. The molecular formula is C9H6F4O3. The molecule has 88 valence electrons. The first kappa shape index (κ1) is 12.3. The second-order valence-corrected chi connectivity index (χ2v) is 2.74. The topological polar surface area (TPSA) is 46.5 Å². The zero-order chi connectivity index (χ0) is 12.3. The van der Waals surface area contributed by atoms with E-state index in [0.29, 0.717) is 6.07 Å². The van der Waals surface area contributed by atoms with E-state index in [-0.39, 0.29) is 0 Å². The lowest BCUT2D eigenvalue weighted by molar-refractivity contribution is -0.0519. The molecule has 0 aliphatic rings. The fraction of sp³-hybridized carbons (Fsp3) is 0.222. The molecule has 0 saturated heterocycles. The van der Waals surface area contributed by atoms with Crippen molar-refractivity contribution in [3.8, 4) is 5.75 Å². The molecule has 1 N–H and O–H groups in total. The molecule has 0 fully saturated rings. The predicted molar refractivity (Wildman–Crippen MR) is 45.0 cm³/mol. The van der Waals surface area contributed by atoms with Gasteiger partial charge < -0.3 is 9.84 Å². The van der Waals surface area contributed by atoms with Crippen LogP contribution in [0.15, 0.2) is 18.2 Å². The molecule has 1 aromatic carbocycles. The summed E-state index contributed by atoms with van der Waals surface area (Å²) in [6.45, 7) is -3.24. The molecule has 0 aliphatic heterocycles. The van der Waals surface area contributed by atoms with Crippen molar-refractivity contribution in [2.45, 2.75) is 13.0 Å². The standard InChI is InChI=1S/C9H6F4O3/c10-7(11)5-3-4(8(14)15)1-2-6(5)16-9(12)13/h1-3,7,9H,(H,14,15). The van der Waals surface area contributed by atoms with Gasteiger partial charge in [0.15, 0.2) is 0 Å². The second kappa shape index (κ2) is 4.82. The number of carboxylic acids is 1. The summed E-state index contributed by atoms with van der Waals surface area (Å²) < 4.78 is 52.3. The van der Waals surface area contributed by atoms with E-state index in [1.54, 1.807) is 0 Å². The van der Waals surface area contributed by atoms with Crippen molar-refractivity contribution in [2.24, 2.45) is 0 Å². The second-order valence-electron chi connectivity index (χ2n) is 2.74. The lowest BCUT2D eigenvalue weighted by Gasteiger charge is -2.10. The average molecular weight is 238 g/mol. The minimum atomic E-state index is -3.24. The molecule has 1 rings (SSSR count). The molecule has 0 unspecified atom stereocenters. The van der Waals surface area contributed by atoms with Crippen LogP contribution in [0.1, 0.15) is 22.3 Å². The highest BCUT2D eigenvalue weighted by molar-refractivity contribution is 5.88. The number of hydrogen-bond donors (Lipinski definition) is 1. The SMILES string of the molecule is O=C(O)c1ccc(OC(F)F)c(C(F)F)c1. The smallest absolute Gasteiger partial charge is 0.387 e. The van der Waals surface area contributed by atoms with Crippen LogP contribution >= 0.6 is 0 Å². The molecule has 0 aromatic heterocycles. The molecule has 0 radical (unpaired) electrons. The van der Waals surface area contributed by atoms with Crippen LogP contribution in [0.3, 0.4) is 0 Å². The Hall–Kier alpha value is -1.79. The maximum absolute atomic E-state index is 12.4. The van der Waals surface area contributed by atoms with Gasteiger partial charge in [0.2, 0.25) is 0 Å². The van der Waals surface area contributed by atoms with E-state index in [9.17, 15) is 22.4 Å². The summed E-state index contributed by atoms with van der Waals surface area (Å²) in [5, 5.41) is 8.53. The van der Waals surface area contributed by atoms with Crippen LogP contribution in [-0.2, 0) is 0 Å². The first-order valence-corrected chi connectivity index (χ1v) is 4.02. The third-order valence-electron chi connectivity index (χ3n) is 1.71. The fourth-order valence-electron chi connectivity index (χ4n) is 1.06. The van der Waals surface area contributed by atoms with Gasteiger partial charge in [0.25, 0.3) is 6.43 Å². The molecular weight excluding hydrogens is 232 g/mol. The number of carboxylic acid groups (broad SMARTS) is 1. The number of hydrogen-bond acceptors (Lipinski definition) is 2. The van der Waals surface area contributed by atoms with E-state index in [2.05, 4.69) is 4.74 Å². The molecule has 0 spiro atoms. The van der Waals surface area contributed by atoms with Crippen molar-refractivity contribution < 1.29 is 32.2 Å². The summed E-state index contributed by atoms with van der Waals surface area (Å²) in [4.78, 5) is 10.5. The van der Waals surface area contributed by atoms with Gasteiger partial charge in [-0.25, -0.2) is 13.6 Å². The number of alkyl halides is 4. The number of aromatic carboxylic acids is 1. The van der Waals surface area contributed by atoms with Crippen LogP contribution in [0.2, 0.25) is 0 Å². The van der Waals surface area contributed by atoms with E-state index < -0.39 is 35.9 Å². The van der Waals surface area contributed by atoms with Crippen LogP contribution < -0.4 is 4.74 Å². The Bertz CT molecular complexity index is 392. The summed E-state index contributed by atoms with van der Waals surface area (Å²) in [6, 6.07) is 2.29. The summed E-state index contributed by atoms with van der Waals surface area (Å²) >= 11 is 0. The van der Waals surface area contributed by atoms with Gasteiger partial charge in [0.1, 0.15) is 5.75 Å². The zero-order valence-electron chi connectivity index (χ0n) is 7.66. The zero-order valence-corrected chi connectivity index (χ0v) is 7.66. The van der Waals surface area contributed by atoms with Crippen molar-refractivity contribution in [2.75, 3.05) is 0 Å². The Labute approximate surface area is 87.3 Å². The number of carbonyl (C=O) groups is 1. The van der Waals surface area contributed by atoms with Gasteiger partial charge in [0, 0.05) is 0 Å². The van der Waals surface area contributed by atoms with Crippen molar-refractivity contribution in [3.63, 3.8) is 0 Å². The Balaban J connectivity index is 3.14. The third kappa shape index (κ3) is 2.85. The highest BCUT2D eigenvalue weighted by atomic mass is 19.3. The van der Waals surface area contributed by atoms with Gasteiger partial charge >= 0.3 is 12.6 Å². The van der Waals surface area contributed by atoms with E-state index in [1.807, 2.05) is 0 Å². The maximum atomic E-state index is 12.4. The normalized spacial score (nSPS) is 10.9. The van der Waals surface area contributed by atoms with Gasteiger partial charge in [-0.2, -0.15) is 8.78 Å². The highest BCUT2D eigenvalue weighted by Gasteiger charge is 2.19. The molecule has 0 aliphatic carbocycles. The molecule has 0 heterocycles. The molecule has 0 amide bonds. The Kier molecular flexibility index (Phi) is 3.70. The minimum absolute atomic E-state index is 0.420. The lowest BCUT2D eigenvalue weighted by Crippen LogP contribution is -2.06. The first-order chi connectivity index (χ1) is 7.41. The quantitative estimate of drug-likeness (QED) is 0.820. The van der Waals surface area contributed by atoms with Crippen molar-refractivity contribution in [1.82, 2.24) is 0 Å². The molecule has 0 atom stereocenters. The molecule has 1 aromatic rings. The average Bonchev–Trinajstić information content (AvgIpc) is 2.16. The number of rotatable bonds is 4. The minimum Gasteiger partial charge on any atom is -0.478 e. The Morgan fingerprint density at radius 2 is 1.88 bits per heavy atom. The monoisotopic (exact) mass is 238 g/mol. The van der Waals surface area contributed by atoms with E-state index in [0.717, 1.165) is 12.1 Å². The summed E-state index contributed by atoms with van der Waals surface area (Å²) in [7, 11) is 0. The van der Waals surface area contributed by atoms with E-state index in [4.69, 9.17) is 5.11 Å². The van der Waals surface area contributed by atoms with E-state index in [1.165, 1.54) is 0 Å². The van der Waals surface area contributed by atoms with Crippen LogP contribution in [0.5, 0.6) is 5.75 Å². The molecule has 0 bridgehead atoms. The predicted octanol–water partition coefficient (Wildman–Crippen LogP) is 2.92. The summed E-state index contributed by atoms with van der Waals surface area (Å²) in [5.41, 5.74) is -1.29. The van der Waals surface area contributed by atoms with Crippen LogP contribution in [-0.4, -0.2) is 17.7 Å². The van der Waals surface area contributed by atoms with Crippen LogP contribution in [0.4, 0.5) is 17.6 Å². The van der Waals surface area contributed by atoms with Gasteiger partial charge in [0.05, 0.1) is 11.1 Å². The van der Waals surface area contributed by atoms with E-state index >= 15 is 0 Å². The summed E-state index contributed by atoms with van der Waals surface area (Å²) in [6.07, 6.45) is -3.09. The number of benzene rings is 1. The largest absolute Gasteiger partial charge is 0.478 e. The first-order valence-electron chi connectivity index (χ1n) is 4.02. The molecule has 7 heteroatoms. The van der Waals surface area contributed by atoms with Gasteiger partial charge in [-0.3, -0.25) is 0 Å².